The maximum Gasteiger partial charge on any atom is 0.367 e. The second kappa shape index (κ2) is 79.8. The predicted octanol–water partition coefficient (Wildman–Crippen LogP) is 24.8. The van der Waals surface area contributed by atoms with Crippen LogP contribution in [-0.4, -0.2) is 199 Å². The lowest BCUT2D eigenvalue weighted by atomic mass is 10.2. The van der Waals surface area contributed by atoms with Crippen molar-refractivity contribution in [3.63, 3.8) is 0 Å². The zero-order chi connectivity index (χ0) is 105. The summed E-state index contributed by atoms with van der Waals surface area (Å²) in [5.41, 5.74) is 11.9. The number of rotatable bonds is 52. The summed E-state index contributed by atoms with van der Waals surface area (Å²) in [5.74, 6) is 3.20. The van der Waals surface area contributed by atoms with Gasteiger partial charge in [-0.15, -0.1) is 118 Å². The highest BCUT2D eigenvalue weighted by molar-refractivity contribution is 8.49. The van der Waals surface area contributed by atoms with Gasteiger partial charge in [-0.1, -0.05) is 277 Å². The number of thiocarbonyl (C=S) groups is 6. The van der Waals surface area contributed by atoms with Gasteiger partial charge in [0, 0.05) is 57.5 Å². The van der Waals surface area contributed by atoms with E-state index in [0.717, 1.165) is 60.2 Å². The summed E-state index contributed by atoms with van der Waals surface area (Å²) < 4.78 is 131. The van der Waals surface area contributed by atoms with Crippen LogP contribution in [0.5, 0.6) is 0 Å². The molecule has 140 heavy (non-hydrogen) atoms. The van der Waals surface area contributed by atoms with Gasteiger partial charge in [-0.2, -0.15) is 0 Å². The first kappa shape index (κ1) is 136. The lowest BCUT2D eigenvalue weighted by molar-refractivity contribution is -0.142. The van der Waals surface area contributed by atoms with Crippen molar-refractivity contribution in [3.8, 4) is 0 Å². The molecular weight excluding hydrogens is 2280 g/mol. The van der Waals surface area contributed by atoms with E-state index in [0.29, 0.717) is 35.8 Å². The molecule has 6 N–H and O–H groups in total. The van der Waals surface area contributed by atoms with Gasteiger partial charge in [-0.05, 0) is 103 Å². The highest BCUT2D eigenvalue weighted by atomic mass is 32.3. The summed E-state index contributed by atoms with van der Waals surface area (Å²) in [6, 6.07) is 52.8. The Balaban J connectivity index is 0.000000842. The highest BCUT2D eigenvalue weighted by Crippen LogP contribution is 2.50. The molecule has 0 aromatic heterocycles. The van der Waals surface area contributed by atoms with Gasteiger partial charge in [0.05, 0.1) is 76.8 Å². The molecule has 0 heterocycles. The Bertz CT molecular complexity index is 4990. The summed E-state index contributed by atoms with van der Waals surface area (Å²) in [4.78, 5) is 120. The van der Waals surface area contributed by atoms with Gasteiger partial charge < -0.3 is 84.9 Å². The van der Waals surface area contributed by atoms with Crippen LogP contribution < -0.4 is 0 Å². The quantitative estimate of drug-likeness (QED) is 0.00894. The maximum atomic E-state index is 12.2. The standard InChI is InChI=1S/C17H25O5PS3.2C16H23O5PS3.C13H17O5PS3.2C12H15O5PS3/c1-4-21-23(19,22-5-2)13-20-16(18)10-11-25-17(24)26-12-15-8-6-14(3)7-9-15;1-4-20-22(18,21-5-2)12-19-15(17)11-25-16(23)24-10-14-8-6-13(3)7-9-14;1-3-20-22(18,21-4-2)13-19-15(17)10-11-24-16(23)25-12-14-8-6-5-7-9-14;1-10-2-4-11(5-3-10)8-22-13(20)21-7-6-12(14)18-9-19(15,16)17;1-9-2-4-10(5-3-9)6-20-12(19)21-7-11(13)17-8-18(14,15)16;13-11(17-9-18(14,15)16)6-7-20-12(19)21-8-10-4-2-1-3-5-10/h6-9H,4-5,10-13H2,1-3H3;6-9H,4-5,10-12H2,1-3H3;5-9H,3-4,10-13H2,1-2H3;2-5H,6-9H2,1H3,(H2,15,16,17);2-5H,6-8H2,1H3,(H2,14,15,16);1-5H,6-9H2,(H2,14,15,16). The molecule has 30 nitrogen and oxygen atoms in total. The highest BCUT2D eigenvalue weighted by Gasteiger charge is 2.30. The molecule has 0 spiro atoms. The predicted molar refractivity (Wildman–Crippen MR) is 609 cm³/mol. The summed E-state index contributed by atoms with van der Waals surface area (Å²) in [6.07, 6.45) is -3.22. The Labute approximate surface area is 903 Å². The van der Waals surface area contributed by atoms with Gasteiger partial charge in [0.1, 0.15) is 21.2 Å². The molecule has 6 aromatic rings. The molecule has 0 unspecified atom stereocenters. The molecule has 0 bridgehead atoms. The first-order valence-corrected chi connectivity index (χ1v) is 66.8. The molecule has 54 heteroatoms. The van der Waals surface area contributed by atoms with Crippen molar-refractivity contribution in [2.75, 3.05) is 112 Å². The third kappa shape index (κ3) is 78.0. The van der Waals surface area contributed by atoms with Crippen LogP contribution in [0.2, 0.25) is 0 Å². The summed E-state index contributed by atoms with van der Waals surface area (Å²) >= 11 is 48.4. The Morgan fingerprint density at radius 3 is 0.607 bits per heavy atom. The number of benzene rings is 6. The number of esters is 6. The normalized spacial score (nSPS) is 11.3. The van der Waals surface area contributed by atoms with E-state index in [1.807, 2.05) is 118 Å². The number of hydrogen-bond acceptors (Lipinski definition) is 42. The Morgan fingerprint density at radius 1 is 0.243 bits per heavy atom. The second-order valence-corrected chi connectivity index (χ2v) is 57.5. The minimum absolute atomic E-state index is 0.0558. The van der Waals surface area contributed by atoms with Gasteiger partial charge in [-0.3, -0.25) is 56.2 Å². The van der Waals surface area contributed by atoms with Gasteiger partial charge in [0.15, 0.2) is 38.1 Å². The van der Waals surface area contributed by atoms with Crippen molar-refractivity contribution < 1.29 is 141 Å². The van der Waals surface area contributed by atoms with Crippen molar-refractivity contribution >= 4 is 317 Å². The van der Waals surface area contributed by atoms with Crippen LogP contribution in [0.15, 0.2) is 158 Å². The van der Waals surface area contributed by atoms with Gasteiger partial charge in [-0.25, -0.2) is 0 Å². The number of carbonyl (C=O) groups excluding carboxylic acids is 6. The average Bonchev–Trinajstić information content (AvgIpc) is 0.897. The van der Waals surface area contributed by atoms with E-state index in [1.165, 1.54) is 156 Å². The van der Waals surface area contributed by atoms with Crippen molar-refractivity contribution in [1.82, 2.24) is 0 Å². The minimum atomic E-state index is -4.31. The van der Waals surface area contributed by atoms with E-state index in [4.69, 9.17) is 144 Å². The first-order chi connectivity index (χ1) is 66.1. The average molecular weight is 2390 g/mol. The van der Waals surface area contributed by atoms with E-state index < -0.39 is 100 Å². The van der Waals surface area contributed by atoms with Crippen molar-refractivity contribution in [3.05, 3.63) is 213 Å². The van der Waals surface area contributed by atoms with E-state index >= 15 is 0 Å². The summed E-state index contributed by atoms with van der Waals surface area (Å²) in [5, 5.41) is 0. The van der Waals surface area contributed by atoms with Crippen molar-refractivity contribution in [2.24, 2.45) is 0 Å². The molecule has 0 saturated carbocycles. The Kier molecular flexibility index (Phi) is 77.4. The van der Waals surface area contributed by atoms with E-state index in [2.05, 4.69) is 81.8 Å². The number of carbonyl (C=O) groups is 6. The third-order valence-corrected chi connectivity index (χ3v) is 38.5. The largest absolute Gasteiger partial charge is 0.453 e. The summed E-state index contributed by atoms with van der Waals surface area (Å²) in [7, 11) is -23.0. The Morgan fingerprint density at radius 2 is 0.414 bits per heavy atom. The molecule has 6 rings (SSSR count). The number of aryl methyl sites for hydroxylation is 4. The van der Waals surface area contributed by atoms with Crippen LogP contribution in [-0.2, 0) is 146 Å². The Hall–Kier alpha value is -2.22. The van der Waals surface area contributed by atoms with Crippen LogP contribution in [0.4, 0.5) is 0 Å². The fourth-order valence-electron chi connectivity index (χ4n) is 8.90. The van der Waals surface area contributed by atoms with Crippen LogP contribution >= 0.6 is 260 Å². The molecule has 780 valence electrons. The number of hydrogen-bond donors (Lipinski definition) is 6. The van der Waals surface area contributed by atoms with E-state index in [1.54, 1.807) is 65.1 Å². The van der Waals surface area contributed by atoms with Crippen molar-refractivity contribution in [1.29, 1.82) is 0 Å². The molecular formula is C86H118O30P6S18. The number of ether oxygens (including phenoxy) is 6. The fraction of sp³-hybridized carbons (Fsp3) is 0.442. The van der Waals surface area contributed by atoms with Gasteiger partial charge >= 0.3 is 81.4 Å². The minimum Gasteiger partial charge on any atom is -0.453 e. The smallest absolute Gasteiger partial charge is 0.367 e. The maximum absolute atomic E-state index is 12.2. The molecule has 0 saturated heterocycles. The molecule has 0 radical (unpaired) electrons. The lowest BCUT2D eigenvalue weighted by Gasteiger charge is -2.16. The van der Waals surface area contributed by atoms with Crippen LogP contribution in [0.3, 0.4) is 0 Å². The molecule has 0 fully saturated rings. The van der Waals surface area contributed by atoms with E-state index in [-0.39, 0.29) is 95.9 Å². The van der Waals surface area contributed by atoms with Gasteiger partial charge in [0.25, 0.3) is 0 Å². The van der Waals surface area contributed by atoms with Gasteiger partial charge in [0.2, 0.25) is 0 Å². The first-order valence-electron chi connectivity index (χ1n) is 41.9. The second-order valence-electron chi connectivity index (χ2n) is 27.3. The monoisotopic (exact) mass is 2390 g/mol. The van der Waals surface area contributed by atoms with Crippen LogP contribution in [0.25, 0.3) is 0 Å². The topological polar surface area (TPSA) is 437 Å². The SMILES string of the molecule is CCOP(=O)(COC(=O)CCSC(=S)SCc1ccc(C)cc1)OCC.CCOP(=O)(COC(=O)CCSC(=S)SCc1ccccc1)OCC.CCOP(=O)(COC(=O)CSC(=S)SCc1ccc(C)cc1)OCC.Cc1ccc(CSC(=S)SCC(=O)OCP(=O)(O)O)cc1.Cc1ccc(CSC(=S)SCCC(=O)OCP(=O)(O)O)cc1.O=C(CCSC(=S)SCc1ccccc1)OCP(=O)(O)O. The van der Waals surface area contributed by atoms with Crippen LogP contribution in [0.1, 0.15) is 123 Å². The molecule has 0 atom stereocenters. The van der Waals surface area contributed by atoms with Crippen molar-refractivity contribution in [2.45, 2.75) is 129 Å². The lowest BCUT2D eigenvalue weighted by Crippen LogP contribution is -2.12. The third-order valence-electron chi connectivity index (χ3n) is 15.3. The molecule has 6 aromatic carbocycles. The zero-order valence-corrected chi connectivity index (χ0v) is 98.4. The molecule has 0 aliphatic heterocycles. The fourth-order valence-corrected chi connectivity index (χ4v) is 25.8. The number of thioether (sulfide) groups is 12. The molecule has 0 aliphatic rings. The van der Waals surface area contributed by atoms with E-state index in [9.17, 15) is 56.2 Å². The molecule has 0 aliphatic carbocycles. The molecule has 0 amide bonds. The van der Waals surface area contributed by atoms with Crippen LogP contribution in [0, 0.1) is 27.7 Å². The summed E-state index contributed by atoms with van der Waals surface area (Å²) in [6.45, 7) is 19.8. The zero-order valence-electron chi connectivity index (χ0n) is 78.3.